The summed E-state index contributed by atoms with van der Waals surface area (Å²) in [5.41, 5.74) is 0.747. The molecule has 36 heavy (non-hydrogen) atoms. The second-order valence-corrected chi connectivity index (χ2v) is 9.82. The Morgan fingerprint density at radius 3 is 2.58 bits per heavy atom. The number of nitro groups is 1. The number of amides is 3. The molecule has 0 bridgehead atoms. The molecule has 4 aliphatic rings. The lowest BCUT2D eigenvalue weighted by atomic mass is 9.75. The Labute approximate surface area is 207 Å². The molecular weight excluding hydrogens is 464 g/mol. The highest BCUT2D eigenvalue weighted by atomic mass is 16.6. The number of hydrogen-bond donors (Lipinski definition) is 0. The summed E-state index contributed by atoms with van der Waals surface area (Å²) in [5, 5.41) is 11.5. The van der Waals surface area contributed by atoms with Crippen molar-refractivity contribution < 1.29 is 24.0 Å². The molecule has 0 N–H and O–H groups in total. The third kappa shape index (κ3) is 2.52. The van der Waals surface area contributed by atoms with Crippen LogP contribution in [0.4, 0.5) is 17.1 Å². The minimum Gasteiger partial charge on any atom is -0.490 e. The average Bonchev–Trinajstić information content (AvgIpc) is 3.56. The number of rotatable bonds is 4. The van der Waals surface area contributed by atoms with Crippen LogP contribution in [0.1, 0.15) is 30.9 Å². The van der Waals surface area contributed by atoms with Crippen LogP contribution in [0, 0.1) is 28.9 Å². The van der Waals surface area contributed by atoms with E-state index < -0.39 is 28.2 Å². The van der Waals surface area contributed by atoms with Gasteiger partial charge < -0.3 is 9.64 Å². The van der Waals surface area contributed by atoms with E-state index in [1.165, 1.54) is 19.2 Å². The molecule has 10 nitrogen and oxygen atoms in total. The summed E-state index contributed by atoms with van der Waals surface area (Å²) in [6.45, 7) is 4.63. The van der Waals surface area contributed by atoms with Gasteiger partial charge >= 0.3 is 5.69 Å². The van der Waals surface area contributed by atoms with Crippen LogP contribution in [-0.2, 0) is 19.9 Å². The Bertz CT molecular complexity index is 1360. The number of fused-ring (bicyclic) bond motifs is 7. The predicted octanol–water partition coefficient (Wildman–Crippen LogP) is 2.76. The lowest BCUT2D eigenvalue weighted by molar-refractivity contribution is -0.385. The molecule has 0 radical (unpaired) electrons. The lowest BCUT2D eigenvalue weighted by Crippen LogP contribution is -2.56. The number of ether oxygens (including phenoxy) is 1. The molecule has 4 atom stereocenters. The molecule has 0 aliphatic carbocycles. The van der Waals surface area contributed by atoms with Crippen LogP contribution in [-0.4, -0.2) is 53.8 Å². The summed E-state index contributed by atoms with van der Waals surface area (Å²) in [6, 6.07) is 10.0. The second kappa shape index (κ2) is 7.60. The van der Waals surface area contributed by atoms with Crippen molar-refractivity contribution in [2.24, 2.45) is 11.8 Å². The Morgan fingerprint density at radius 1 is 1.14 bits per heavy atom. The quantitative estimate of drug-likeness (QED) is 0.368. The summed E-state index contributed by atoms with van der Waals surface area (Å²) < 4.78 is 5.22. The number of nitrogens with zero attached hydrogens (tertiary/aromatic N) is 4. The third-order valence-corrected chi connectivity index (χ3v) is 8.40. The zero-order valence-corrected chi connectivity index (χ0v) is 20.3. The van der Waals surface area contributed by atoms with Crippen LogP contribution in [0.25, 0.3) is 0 Å². The van der Waals surface area contributed by atoms with E-state index in [-0.39, 0.29) is 35.0 Å². The third-order valence-electron chi connectivity index (χ3n) is 8.40. The number of para-hydroxylation sites is 1. The van der Waals surface area contributed by atoms with E-state index in [9.17, 15) is 24.5 Å². The number of aryl methyl sites for hydroxylation is 1. The van der Waals surface area contributed by atoms with E-state index >= 15 is 0 Å². The van der Waals surface area contributed by atoms with Gasteiger partial charge in [-0.2, -0.15) is 0 Å². The monoisotopic (exact) mass is 490 g/mol. The van der Waals surface area contributed by atoms with Crippen LogP contribution in [0.15, 0.2) is 36.4 Å². The Hall–Kier alpha value is -3.79. The minimum absolute atomic E-state index is 0.0325. The first-order valence-corrected chi connectivity index (χ1v) is 12.2. The number of carbonyl (C=O) groups excluding carboxylic acids is 3. The van der Waals surface area contributed by atoms with E-state index in [2.05, 4.69) is 4.90 Å². The van der Waals surface area contributed by atoms with Gasteiger partial charge in [0.25, 0.3) is 5.91 Å². The maximum atomic E-state index is 14.2. The topological polar surface area (TPSA) is 113 Å². The molecule has 3 fully saturated rings. The summed E-state index contributed by atoms with van der Waals surface area (Å²) in [5.74, 6) is -2.55. The maximum Gasteiger partial charge on any atom is 0.311 e. The second-order valence-electron chi connectivity index (χ2n) is 9.82. The molecule has 0 unspecified atom stereocenters. The van der Waals surface area contributed by atoms with Crippen LogP contribution < -0.4 is 14.5 Å². The molecule has 1 spiro atoms. The number of benzene rings is 2. The molecule has 3 saturated heterocycles. The molecule has 4 heterocycles. The first-order chi connectivity index (χ1) is 17.3. The summed E-state index contributed by atoms with van der Waals surface area (Å²) in [4.78, 5) is 58.3. The zero-order valence-electron chi connectivity index (χ0n) is 20.3. The fraction of sp³-hybridized carbons (Fsp3) is 0.423. The van der Waals surface area contributed by atoms with E-state index in [1.807, 2.05) is 31.2 Å². The smallest absolute Gasteiger partial charge is 0.311 e. The van der Waals surface area contributed by atoms with E-state index in [1.54, 1.807) is 11.8 Å². The van der Waals surface area contributed by atoms with E-state index in [4.69, 9.17) is 4.74 Å². The molecule has 6 rings (SSSR count). The molecular formula is C26H26N4O6. The zero-order chi connectivity index (χ0) is 25.5. The molecule has 0 saturated carbocycles. The van der Waals surface area contributed by atoms with Crippen molar-refractivity contribution in [3.63, 3.8) is 0 Å². The van der Waals surface area contributed by atoms with Gasteiger partial charge in [0.1, 0.15) is 5.54 Å². The molecule has 186 valence electrons. The van der Waals surface area contributed by atoms with Gasteiger partial charge in [-0.15, -0.1) is 0 Å². The lowest BCUT2D eigenvalue weighted by Gasteiger charge is -2.37. The first kappa shape index (κ1) is 22.7. The fourth-order valence-corrected chi connectivity index (χ4v) is 7.10. The van der Waals surface area contributed by atoms with Gasteiger partial charge in [-0.25, -0.2) is 4.90 Å². The molecule has 2 aromatic carbocycles. The van der Waals surface area contributed by atoms with Crippen molar-refractivity contribution in [1.29, 1.82) is 0 Å². The largest absolute Gasteiger partial charge is 0.490 e. The van der Waals surface area contributed by atoms with Crippen molar-refractivity contribution in [2.45, 2.75) is 38.3 Å². The number of carbonyl (C=O) groups is 3. The van der Waals surface area contributed by atoms with Crippen molar-refractivity contribution >= 4 is 34.8 Å². The Balaban J connectivity index is 1.55. The van der Waals surface area contributed by atoms with Gasteiger partial charge in [0.15, 0.2) is 5.75 Å². The molecule has 10 heteroatoms. The standard InChI is InChI=1S/C26H26N4O6/c1-4-27-16-9-6-5-8-15(16)26(25(27)33)22-21(17-10-7-11-28(17)26)23(31)29(24(22)32)18-13-20(36-3)19(30(34)35)12-14(18)2/h5-6,8-9,12-13,17,21-22H,4,7,10-11H2,1-3H3/t17-,21-,22-,26-/m1/s1. The van der Waals surface area contributed by atoms with Crippen LogP contribution in [0.5, 0.6) is 5.75 Å². The van der Waals surface area contributed by atoms with Crippen molar-refractivity contribution in [2.75, 3.05) is 30.0 Å². The summed E-state index contributed by atoms with van der Waals surface area (Å²) >= 11 is 0. The van der Waals surface area contributed by atoms with Gasteiger partial charge in [-0.05, 0) is 44.9 Å². The number of methoxy groups -OCH3 is 1. The van der Waals surface area contributed by atoms with Gasteiger partial charge in [-0.3, -0.25) is 29.4 Å². The van der Waals surface area contributed by atoms with Crippen molar-refractivity contribution in [1.82, 2.24) is 4.90 Å². The summed E-state index contributed by atoms with van der Waals surface area (Å²) in [7, 11) is 1.31. The van der Waals surface area contributed by atoms with Crippen molar-refractivity contribution in [3.8, 4) is 5.75 Å². The molecule has 0 aromatic heterocycles. The minimum atomic E-state index is -1.24. The van der Waals surface area contributed by atoms with E-state index in [0.29, 0.717) is 18.7 Å². The van der Waals surface area contributed by atoms with Gasteiger partial charge in [-0.1, -0.05) is 18.2 Å². The predicted molar refractivity (Wildman–Crippen MR) is 130 cm³/mol. The van der Waals surface area contributed by atoms with Gasteiger partial charge in [0.2, 0.25) is 11.8 Å². The average molecular weight is 491 g/mol. The molecule has 3 amide bonds. The number of anilines is 2. The number of imide groups is 1. The Kier molecular flexibility index (Phi) is 4.79. The van der Waals surface area contributed by atoms with Crippen LogP contribution in [0.3, 0.4) is 0 Å². The molecule has 4 aliphatic heterocycles. The number of likely N-dealkylation sites (N-methyl/N-ethyl adjacent to an activating group) is 1. The SMILES string of the molecule is CCN1C(=O)[C@@]2(c3ccccc31)[C@H]1C(=O)N(c3cc(OC)c([N+](=O)[O-])cc3C)C(=O)[C@@H]1[C@H]1CCCN12. The van der Waals surface area contributed by atoms with Gasteiger partial charge in [0.05, 0.1) is 29.6 Å². The highest BCUT2D eigenvalue weighted by Crippen LogP contribution is 2.62. The summed E-state index contributed by atoms with van der Waals surface area (Å²) in [6.07, 6.45) is 1.56. The van der Waals surface area contributed by atoms with E-state index in [0.717, 1.165) is 29.0 Å². The van der Waals surface area contributed by atoms with Crippen LogP contribution in [0.2, 0.25) is 0 Å². The highest BCUT2D eigenvalue weighted by Gasteiger charge is 2.75. The van der Waals surface area contributed by atoms with Crippen molar-refractivity contribution in [3.05, 3.63) is 57.6 Å². The van der Waals surface area contributed by atoms with Gasteiger partial charge in [0, 0.05) is 36.0 Å². The van der Waals surface area contributed by atoms with Crippen LogP contribution >= 0.6 is 0 Å². The Morgan fingerprint density at radius 2 is 1.89 bits per heavy atom. The first-order valence-electron chi connectivity index (χ1n) is 12.2. The number of hydrogen-bond acceptors (Lipinski definition) is 7. The number of nitro benzene ring substituents is 1. The normalized spacial score (nSPS) is 28.8. The maximum absolute atomic E-state index is 14.2. The molecule has 2 aromatic rings. The fourth-order valence-electron chi connectivity index (χ4n) is 7.10. The highest BCUT2D eigenvalue weighted by molar-refractivity contribution is 6.26.